The van der Waals surface area contributed by atoms with Crippen molar-refractivity contribution in [3.05, 3.63) is 36.4 Å². The van der Waals surface area contributed by atoms with Crippen LogP contribution >= 0.6 is 11.8 Å². The molecule has 0 saturated heterocycles. The third-order valence-electron chi connectivity index (χ3n) is 3.00. The molecule has 0 fully saturated rings. The zero-order valence-corrected chi connectivity index (χ0v) is 13.0. The quantitative estimate of drug-likeness (QED) is 0.509. The molecule has 1 aliphatic heterocycles. The lowest BCUT2D eigenvalue weighted by Crippen LogP contribution is -2.44. The number of nitrogens with one attached hydrogen (secondary N) is 2. The fourth-order valence-electron chi connectivity index (χ4n) is 1.91. The summed E-state index contributed by atoms with van der Waals surface area (Å²) in [4.78, 5) is 35.6. The zero-order valence-electron chi connectivity index (χ0n) is 12.2. The number of aliphatic carboxylic acids is 1. The number of hydrogen-bond acceptors (Lipinski definition) is 5. The number of anilines is 1. The van der Waals surface area contributed by atoms with Gasteiger partial charge in [0.15, 0.2) is 6.04 Å². The van der Waals surface area contributed by atoms with Crippen LogP contribution in [0.3, 0.4) is 0 Å². The number of rotatable bonds is 7. The van der Waals surface area contributed by atoms with Crippen molar-refractivity contribution < 1.29 is 24.2 Å². The fraction of sp³-hybridized carbons (Fsp3) is 0.267. The maximum absolute atomic E-state index is 12.2. The van der Waals surface area contributed by atoms with E-state index in [1.165, 1.54) is 23.9 Å². The molecule has 8 heteroatoms. The first-order valence-corrected chi connectivity index (χ1v) is 7.79. The molecule has 0 aliphatic carbocycles. The summed E-state index contributed by atoms with van der Waals surface area (Å²) in [5, 5.41) is 14.2. The Morgan fingerprint density at radius 1 is 1.52 bits per heavy atom. The van der Waals surface area contributed by atoms with E-state index in [9.17, 15) is 14.4 Å². The van der Waals surface area contributed by atoms with Gasteiger partial charge in [0.1, 0.15) is 0 Å². The lowest BCUT2D eigenvalue weighted by Gasteiger charge is -2.18. The van der Waals surface area contributed by atoms with Crippen molar-refractivity contribution in [1.29, 1.82) is 0 Å². The summed E-state index contributed by atoms with van der Waals surface area (Å²) in [6, 6.07) is 3.67. The minimum atomic E-state index is -1.19. The van der Waals surface area contributed by atoms with E-state index in [-0.39, 0.29) is 24.7 Å². The maximum atomic E-state index is 12.2. The van der Waals surface area contributed by atoms with Crippen molar-refractivity contribution in [1.82, 2.24) is 5.32 Å². The molecule has 1 aromatic rings. The van der Waals surface area contributed by atoms with Crippen LogP contribution < -0.4 is 10.6 Å². The minimum absolute atomic E-state index is 0.138. The maximum Gasteiger partial charge on any atom is 0.328 e. The molecule has 0 saturated carbocycles. The molecule has 0 bridgehead atoms. The lowest BCUT2D eigenvalue weighted by atomic mass is 10.1. The van der Waals surface area contributed by atoms with Gasteiger partial charge in [-0.1, -0.05) is 6.08 Å². The van der Waals surface area contributed by atoms with Crippen molar-refractivity contribution in [3.8, 4) is 0 Å². The highest BCUT2D eigenvalue weighted by molar-refractivity contribution is 8.00. The number of carbonyl (C=O) groups is 3. The van der Waals surface area contributed by atoms with Gasteiger partial charge in [-0.25, -0.2) is 4.79 Å². The SMILES string of the molecule is C=CCOCC(NC(=O)c1ccc2c(c1)NC(=O)CS2)C(=O)O. The molecule has 122 valence electrons. The van der Waals surface area contributed by atoms with E-state index in [2.05, 4.69) is 17.2 Å². The van der Waals surface area contributed by atoms with E-state index in [0.29, 0.717) is 11.4 Å². The summed E-state index contributed by atoms with van der Waals surface area (Å²) in [5.74, 6) is -1.54. The number of ether oxygens (including phenoxy) is 1. The van der Waals surface area contributed by atoms with Gasteiger partial charge in [-0.2, -0.15) is 0 Å². The van der Waals surface area contributed by atoms with Crippen molar-refractivity contribution in [3.63, 3.8) is 0 Å². The molecule has 7 nitrogen and oxygen atoms in total. The van der Waals surface area contributed by atoms with Crippen LogP contribution in [0.5, 0.6) is 0 Å². The van der Waals surface area contributed by atoms with Crippen molar-refractivity contribution in [2.75, 3.05) is 24.3 Å². The van der Waals surface area contributed by atoms with E-state index in [0.717, 1.165) is 4.90 Å². The number of hydrogen-bond donors (Lipinski definition) is 3. The summed E-state index contributed by atoms with van der Waals surface area (Å²) < 4.78 is 5.07. The van der Waals surface area contributed by atoms with Crippen LogP contribution in [0.15, 0.2) is 35.7 Å². The second-order valence-electron chi connectivity index (χ2n) is 4.74. The van der Waals surface area contributed by atoms with Crippen molar-refractivity contribution in [2.24, 2.45) is 0 Å². The van der Waals surface area contributed by atoms with E-state index in [1.54, 1.807) is 12.1 Å². The molecule has 1 aromatic carbocycles. The smallest absolute Gasteiger partial charge is 0.328 e. The van der Waals surface area contributed by atoms with E-state index in [4.69, 9.17) is 9.84 Å². The van der Waals surface area contributed by atoms with Crippen LogP contribution in [0.1, 0.15) is 10.4 Å². The molecule has 0 aromatic heterocycles. The van der Waals surface area contributed by atoms with Crippen LogP contribution in [0, 0.1) is 0 Å². The minimum Gasteiger partial charge on any atom is -0.480 e. The molecule has 0 spiro atoms. The second-order valence-corrected chi connectivity index (χ2v) is 5.76. The molecular formula is C15H16N2O5S. The highest BCUT2D eigenvalue weighted by atomic mass is 32.2. The highest BCUT2D eigenvalue weighted by Crippen LogP contribution is 2.31. The van der Waals surface area contributed by atoms with Crippen molar-refractivity contribution in [2.45, 2.75) is 10.9 Å². The average molecular weight is 336 g/mol. The first-order chi connectivity index (χ1) is 11.0. The Balaban J connectivity index is 2.07. The molecular weight excluding hydrogens is 320 g/mol. The number of amides is 2. The zero-order chi connectivity index (χ0) is 16.8. The predicted octanol–water partition coefficient (Wildman–Crippen LogP) is 1.12. The van der Waals surface area contributed by atoms with Crippen LogP contribution in [-0.2, 0) is 14.3 Å². The molecule has 1 heterocycles. The lowest BCUT2D eigenvalue weighted by molar-refractivity contribution is -0.140. The number of carboxylic acids is 1. The molecule has 2 rings (SSSR count). The van der Waals surface area contributed by atoms with Crippen molar-refractivity contribution >= 4 is 35.2 Å². The summed E-state index contributed by atoms with van der Waals surface area (Å²) in [5.41, 5.74) is 0.815. The van der Waals surface area contributed by atoms with Crippen LogP contribution in [0.4, 0.5) is 5.69 Å². The molecule has 2 amide bonds. The summed E-state index contributed by atoms with van der Waals surface area (Å²) >= 11 is 1.38. The van der Waals surface area contributed by atoms with Gasteiger partial charge in [0, 0.05) is 10.5 Å². The molecule has 23 heavy (non-hydrogen) atoms. The molecule has 1 aliphatic rings. The number of benzene rings is 1. The first kappa shape index (κ1) is 17.0. The number of thioether (sulfide) groups is 1. The third kappa shape index (κ3) is 4.57. The normalized spacial score (nSPS) is 14.3. The Hall–Kier alpha value is -2.32. The van der Waals surface area contributed by atoms with Gasteiger partial charge in [0.2, 0.25) is 5.91 Å². The standard InChI is InChI=1S/C15H16N2O5S/c1-2-5-22-7-11(15(20)21)17-14(19)9-3-4-12-10(6-9)16-13(18)8-23-12/h2-4,6,11H,1,5,7-8H2,(H,16,18)(H,17,19)(H,20,21). The molecule has 1 unspecified atom stereocenters. The fourth-order valence-corrected chi connectivity index (χ4v) is 2.70. The number of carbonyl (C=O) groups excluding carboxylic acids is 2. The average Bonchev–Trinajstić information content (AvgIpc) is 2.53. The van der Waals surface area contributed by atoms with Gasteiger partial charge in [-0.05, 0) is 18.2 Å². The Morgan fingerprint density at radius 3 is 3.00 bits per heavy atom. The Kier molecular flexibility index (Phi) is 5.78. The van der Waals surface area contributed by atoms with Gasteiger partial charge in [-0.15, -0.1) is 18.3 Å². The van der Waals surface area contributed by atoms with Crippen LogP contribution in [0.25, 0.3) is 0 Å². The monoisotopic (exact) mass is 336 g/mol. The third-order valence-corrected chi connectivity index (χ3v) is 4.07. The van der Waals surface area contributed by atoms with Gasteiger partial charge < -0.3 is 20.5 Å². The first-order valence-electron chi connectivity index (χ1n) is 6.80. The second kappa shape index (κ2) is 7.80. The summed E-state index contributed by atoms with van der Waals surface area (Å²) in [6.07, 6.45) is 1.49. The van der Waals surface area contributed by atoms with Crippen LogP contribution in [0.2, 0.25) is 0 Å². The summed E-state index contributed by atoms with van der Waals surface area (Å²) in [6.45, 7) is 3.50. The number of carboxylic acid groups (broad SMARTS) is 1. The van der Waals surface area contributed by atoms with E-state index in [1.807, 2.05) is 0 Å². The molecule has 0 radical (unpaired) electrons. The number of fused-ring (bicyclic) bond motifs is 1. The van der Waals surface area contributed by atoms with Gasteiger partial charge in [-0.3, -0.25) is 9.59 Å². The van der Waals surface area contributed by atoms with Gasteiger partial charge in [0.25, 0.3) is 5.91 Å². The topological polar surface area (TPSA) is 105 Å². The Morgan fingerprint density at radius 2 is 2.30 bits per heavy atom. The predicted molar refractivity (Wildman–Crippen MR) is 85.7 cm³/mol. The van der Waals surface area contributed by atoms with Crippen LogP contribution in [-0.4, -0.2) is 47.9 Å². The Bertz CT molecular complexity index is 647. The van der Waals surface area contributed by atoms with E-state index < -0.39 is 17.9 Å². The molecule has 3 N–H and O–H groups in total. The van der Waals surface area contributed by atoms with E-state index >= 15 is 0 Å². The Labute approximate surface area is 137 Å². The molecule has 1 atom stereocenters. The van der Waals surface area contributed by atoms with Gasteiger partial charge >= 0.3 is 5.97 Å². The van der Waals surface area contributed by atoms with Gasteiger partial charge in [0.05, 0.1) is 24.7 Å². The largest absolute Gasteiger partial charge is 0.480 e. The summed E-state index contributed by atoms with van der Waals surface area (Å²) in [7, 11) is 0. The highest BCUT2D eigenvalue weighted by Gasteiger charge is 2.22.